The number of aryl methyl sites for hydroxylation is 1. The molecule has 0 saturated heterocycles. The predicted molar refractivity (Wildman–Crippen MR) is 68.9 cm³/mol. The quantitative estimate of drug-likeness (QED) is 0.936. The van der Waals surface area contributed by atoms with Gasteiger partial charge in [-0.25, -0.2) is 4.79 Å². The minimum atomic E-state index is -1.02. The van der Waals surface area contributed by atoms with E-state index in [1.54, 1.807) is 0 Å². The van der Waals surface area contributed by atoms with Crippen LogP contribution in [0, 0.1) is 6.92 Å². The van der Waals surface area contributed by atoms with E-state index in [0.29, 0.717) is 11.5 Å². The Labute approximate surface area is 112 Å². The van der Waals surface area contributed by atoms with Crippen LogP contribution in [0.4, 0.5) is 0 Å². The van der Waals surface area contributed by atoms with Crippen molar-refractivity contribution in [1.82, 2.24) is 0 Å². The van der Waals surface area contributed by atoms with E-state index in [2.05, 4.69) is 15.9 Å². The highest BCUT2D eigenvalue weighted by Gasteiger charge is 2.14. The van der Waals surface area contributed by atoms with Gasteiger partial charge in [0.05, 0.1) is 6.26 Å². The zero-order valence-electron chi connectivity index (χ0n) is 9.64. The lowest BCUT2D eigenvalue weighted by Crippen LogP contribution is -2.03. The molecule has 0 spiro atoms. The summed E-state index contributed by atoms with van der Waals surface area (Å²) in [6, 6.07) is 7.07. The van der Waals surface area contributed by atoms with E-state index in [1.807, 2.05) is 25.1 Å². The Bertz CT molecular complexity index is 574. The van der Waals surface area contributed by atoms with Gasteiger partial charge in [0.25, 0.3) is 0 Å². The summed E-state index contributed by atoms with van der Waals surface area (Å²) in [5.74, 6) is -0.0210. The predicted octanol–water partition coefficient (Wildman–Crippen LogP) is 3.63. The molecule has 0 unspecified atom stereocenters. The standard InChI is InChI=1S/C13H11BrO4/c1-8-2-3-9(14)6-11(8)18-7-12-10(13(15)16)4-5-17-12/h2-6H,7H2,1H3,(H,15,16). The first-order chi connectivity index (χ1) is 8.58. The molecule has 2 aromatic rings. The molecule has 0 atom stereocenters. The molecule has 0 aliphatic heterocycles. The maximum Gasteiger partial charge on any atom is 0.339 e. The molecule has 0 amide bonds. The van der Waals surface area contributed by atoms with Crippen LogP contribution in [-0.4, -0.2) is 11.1 Å². The summed E-state index contributed by atoms with van der Waals surface area (Å²) in [5, 5.41) is 8.93. The van der Waals surface area contributed by atoms with E-state index < -0.39 is 5.97 Å². The number of furan rings is 1. The topological polar surface area (TPSA) is 59.7 Å². The average molecular weight is 311 g/mol. The molecule has 1 aromatic carbocycles. The highest BCUT2D eigenvalue weighted by Crippen LogP contribution is 2.24. The Kier molecular flexibility index (Phi) is 3.72. The normalized spacial score (nSPS) is 10.3. The molecule has 0 fully saturated rings. The minimum absolute atomic E-state index is 0.0892. The average Bonchev–Trinajstić information content (AvgIpc) is 2.79. The van der Waals surface area contributed by atoms with E-state index in [1.165, 1.54) is 12.3 Å². The third-order valence-electron chi connectivity index (χ3n) is 2.48. The van der Waals surface area contributed by atoms with Crippen molar-refractivity contribution >= 4 is 21.9 Å². The Morgan fingerprint density at radius 2 is 2.22 bits per heavy atom. The first-order valence-electron chi connectivity index (χ1n) is 5.26. The molecule has 1 N–H and O–H groups in total. The molecule has 0 radical (unpaired) electrons. The Balaban J connectivity index is 2.14. The molecule has 1 aromatic heterocycles. The van der Waals surface area contributed by atoms with Gasteiger partial charge in [-0.2, -0.15) is 0 Å². The molecule has 5 heteroatoms. The fourth-order valence-corrected chi connectivity index (χ4v) is 1.86. The van der Waals surface area contributed by atoms with Crippen molar-refractivity contribution in [2.75, 3.05) is 0 Å². The summed E-state index contributed by atoms with van der Waals surface area (Å²) in [4.78, 5) is 10.9. The summed E-state index contributed by atoms with van der Waals surface area (Å²) in [7, 11) is 0. The van der Waals surface area contributed by atoms with E-state index in [-0.39, 0.29) is 12.2 Å². The molecule has 4 nitrogen and oxygen atoms in total. The van der Waals surface area contributed by atoms with Crippen LogP contribution in [0.1, 0.15) is 21.7 Å². The highest BCUT2D eigenvalue weighted by atomic mass is 79.9. The van der Waals surface area contributed by atoms with Gasteiger partial charge in [0.15, 0.2) is 5.76 Å². The van der Waals surface area contributed by atoms with Crippen LogP contribution in [0.15, 0.2) is 39.4 Å². The van der Waals surface area contributed by atoms with E-state index >= 15 is 0 Å². The van der Waals surface area contributed by atoms with E-state index in [9.17, 15) is 4.79 Å². The van der Waals surface area contributed by atoms with Crippen LogP contribution in [0.25, 0.3) is 0 Å². The van der Waals surface area contributed by atoms with Gasteiger partial charge in [-0.05, 0) is 30.7 Å². The van der Waals surface area contributed by atoms with E-state index in [0.717, 1.165) is 10.0 Å². The SMILES string of the molecule is Cc1ccc(Br)cc1OCc1occc1C(=O)O. The Hall–Kier alpha value is -1.75. The number of rotatable bonds is 4. The molecule has 0 saturated carbocycles. The molecule has 0 bridgehead atoms. The van der Waals surface area contributed by atoms with Crippen molar-refractivity contribution < 1.29 is 19.1 Å². The summed E-state index contributed by atoms with van der Waals surface area (Å²) in [5.41, 5.74) is 1.10. The highest BCUT2D eigenvalue weighted by molar-refractivity contribution is 9.10. The second-order valence-electron chi connectivity index (χ2n) is 3.76. The van der Waals surface area contributed by atoms with Gasteiger partial charge in [-0.3, -0.25) is 0 Å². The Morgan fingerprint density at radius 3 is 2.94 bits per heavy atom. The van der Waals surface area contributed by atoms with Gasteiger partial charge in [0, 0.05) is 4.47 Å². The zero-order valence-corrected chi connectivity index (χ0v) is 11.2. The fraction of sp³-hybridized carbons (Fsp3) is 0.154. The summed E-state index contributed by atoms with van der Waals surface area (Å²) >= 11 is 3.36. The summed E-state index contributed by atoms with van der Waals surface area (Å²) in [6.45, 7) is 2.01. The summed E-state index contributed by atoms with van der Waals surface area (Å²) in [6.07, 6.45) is 1.34. The van der Waals surface area contributed by atoms with Crippen molar-refractivity contribution in [3.05, 3.63) is 51.9 Å². The fourth-order valence-electron chi connectivity index (χ4n) is 1.52. The van der Waals surface area contributed by atoms with Crippen LogP contribution in [0.3, 0.4) is 0 Å². The number of hydrogen-bond donors (Lipinski definition) is 1. The van der Waals surface area contributed by atoms with Gasteiger partial charge in [-0.1, -0.05) is 22.0 Å². The molecule has 18 heavy (non-hydrogen) atoms. The maximum absolute atomic E-state index is 10.9. The lowest BCUT2D eigenvalue weighted by Gasteiger charge is -2.08. The number of aromatic carboxylic acids is 1. The van der Waals surface area contributed by atoms with Crippen LogP contribution in [0.5, 0.6) is 5.75 Å². The van der Waals surface area contributed by atoms with Crippen molar-refractivity contribution in [3.8, 4) is 5.75 Å². The van der Waals surface area contributed by atoms with Crippen molar-refractivity contribution in [3.63, 3.8) is 0 Å². The van der Waals surface area contributed by atoms with Gasteiger partial charge in [-0.15, -0.1) is 0 Å². The van der Waals surface area contributed by atoms with Crippen LogP contribution < -0.4 is 4.74 Å². The number of carbonyl (C=O) groups is 1. The molecular formula is C13H11BrO4. The molecular weight excluding hydrogens is 300 g/mol. The monoisotopic (exact) mass is 310 g/mol. The molecule has 2 rings (SSSR count). The number of ether oxygens (including phenoxy) is 1. The number of carboxylic acid groups (broad SMARTS) is 1. The molecule has 94 valence electrons. The van der Waals surface area contributed by atoms with Gasteiger partial charge in [0.1, 0.15) is 17.9 Å². The smallest absolute Gasteiger partial charge is 0.339 e. The summed E-state index contributed by atoms with van der Waals surface area (Å²) < 4.78 is 11.6. The first kappa shape index (κ1) is 12.7. The minimum Gasteiger partial charge on any atom is -0.485 e. The number of benzene rings is 1. The molecule has 0 aliphatic rings. The van der Waals surface area contributed by atoms with Crippen molar-refractivity contribution in [2.45, 2.75) is 13.5 Å². The van der Waals surface area contributed by atoms with Gasteiger partial charge < -0.3 is 14.3 Å². The van der Waals surface area contributed by atoms with Crippen LogP contribution in [-0.2, 0) is 6.61 Å². The van der Waals surface area contributed by atoms with Crippen LogP contribution >= 0.6 is 15.9 Å². The van der Waals surface area contributed by atoms with Crippen molar-refractivity contribution in [1.29, 1.82) is 0 Å². The second-order valence-corrected chi connectivity index (χ2v) is 4.68. The van der Waals surface area contributed by atoms with Gasteiger partial charge in [0.2, 0.25) is 0 Å². The van der Waals surface area contributed by atoms with E-state index in [4.69, 9.17) is 14.3 Å². The first-order valence-corrected chi connectivity index (χ1v) is 6.06. The van der Waals surface area contributed by atoms with Crippen LogP contribution in [0.2, 0.25) is 0 Å². The zero-order chi connectivity index (χ0) is 13.1. The van der Waals surface area contributed by atoms with Gasteiger partial charge >= 0.3 is 5.97 Å². The molecule has 1 heterocycles. The van der Waals surface area contributed by atoms with Crippen molar-refractivity contribution in [2.24, 2.45) is 0 Å². The second kappa shape index (κ2) is 5.27. The number of hydrogen-bond acceptors (Lipinski definition) is 3. The third kappa shape index (κ3) is 2.73. The molecule has 0 aliphatic carbocycles. The lowest BCUT2D eigenvalue weighted by molar-refractivity contribution is 0.0692. The number of halogens is 1. The largest absolute Gasteiger partial charge is 0.485 e. The maximum atomic E-state index is 10.9. The lowest BCUT2D eigenvalue weighted by atomic mass is 10.2. The Morgan fingerprint density at radius 1 is 1.44 bits per heavy atom. The number of carboxylic acids is 1. The third-order valence-corrected chi connectivity index (χ3v) is 2.98.